The SMILES string of the molecule is CC[C@@](O)(C#Cc1ccccc1)[C@@H](C)C(=O)N(C)C. The summed E-state index contributed by atoms with van der Waals surface area (Å²) in [6, 6.07) is 9.45. The molecule has 0 unspecified atom stereocenters. The van der Waals surface area contributed by atoms with Gasteiger partial charge in [-0.25, -0.2) is 0 Å². The van der Waals surface area contributed by atoms with E-state index < -0.39 is 11.5 Å². The molecule has 19 heavy (non-hydrogen) atoms. The Bertz CT molecular complexity index is 484. The molecule has 0 saturated heterocycles. The highest BCUT2D eigenvalue weighted by Gasteiger charge is 2.35. The maximum Gasteiger partial charge on any atom is 0.228 e. The van der Waals surface area contributed by atoms with E-state index in [0.29, 0.717) is 6.42 Å². The lowest BCUT2D eigenvalue weighted by Crippen LogP contribution is -2.43. The third-order valence-electron chi connectivity index (χ3n) is 3.26. The van der Waals surface area contributed by atoms with Crippen LogP contribution in [0.2, 0.25) is 0 Å². The van der Waals surface area contributed by atoms with Gasteiger partial charge in [0.2, 0.25) is 5.91 Å². The number of hydrogen-bond donors (Lipinski definition) is 1. The van der Waals surface area contributed by atoms with E-state index in [1.165, 1.54) is 4.90 Å². The molecule has 3 heteroatoms. The van der Waals surface area contributed by atoms with E-state index in [4.69, 9.17) is 0 Å². The van der Waals surface area contributed by atoms with Crippen LogP contribution in [0.1, 0.15) is 25.8 Å². The highest BCUT2D eigenvalue weighted by molar-refractivity contribution is 5.79. The summed E-state index contributed by atoms with van der Waals surface area (Å²) in [5, 5.41) is 10.5. The van der Waals surface area contributed by atoms with Crippen molar-refractivity contribution in [2.75, 3.05) is 14.1 Å². The number of nitrogens with zero attached hydrogens (tertiary/aromatic N) is 1. The number of hydrogen-bond acceptors (Lipinski definition) is 2. The minimum atomic E-state index is -1.29. The van der Waals surface area contributed by atoms with E-state index >= 15 is 0 Å². The van der Waals surface area contributed by atoms with E-state index in [-0.39, 0.29) is 5.91 Å². The summed E-state index contributed by atoms with van der Waals surface area (Å²) in [7, 11) is 3.36. The molecule has 102 valence electrons. The van der Waals surface area contributed by atoms with Crippen LogP contribution in [0.5, 0.6) is 0 Å². The number of amides is 1. The van der Waals surface area contributed by atoms with Crippen molar-refractivity contribution in [3.8, 4) is 11.8 Å². The molecule has 0 aliphatic carbocycles. The molecular formula is C16H21NO2. The lowest BCUT2D eigenvalue weighted by Gasteiger charge is -2.29. The summed E-state index contributed by atoms with van der Waals surface area (Å²) >= 11 is 0. The van der Waals surface area contributed by atoms with Crippen molar-refractivity contribution in [2.45, 2.75) is 25.9 Å². The number of rotatable bonds is 3. The standard InChI is InChI=1S/C16H21NO2/c1-5-16(19,13(2)15(18)17(3)4)12-11-14-9-7-6-8-10-14/h6-10,13,19H,5H2,1-4H3/t13-,16+/m0/s1. The maximum atomic E-state index is 12.0. The third kappa shape index (κ3) is 3.84. The van der Waals surface area contributed by atoms with Crippen LogP contribution in [0, 0.1) is 17.8 Å². The quantitative estimate of drug-likeness (QED) is 0.842. The number of aliphatic hydroxyl groups is 1. The second-order valence-electron chi connectivity index (χ2n) is 4.85. The molecule has 0 radical (unpaired) electrons. The normalized spacial score (nSPS) is 14.8. The summed E-state index contributed by atoms with van der Waals surface area (Å²) in [6.07, 6.45) is 0.410. The minimum Gasteiger partial charge on any atom is -0.377 e. The molecule has 0 aliphatic heterocycles. The van der Waals surface area contributed by atoms with Crippen molar-refractivity contribution in [3.63, 3.8) is 0 Å². The van der Waals surface area contributed by atoms with Crippen molar-refractivity contribution >= 4 is 5.91 Å². The lowest BCUT2D eigenvalue weighted by molar-refractivity contribution is -0.138. The van der Waals surface area contributed by atoms with Gasteiger partial charge in [-0.2, -0.15) is 0 Å². The Kier molecular flexibility index (Phi) is 5.14. The van der Waals surface area contributed by atoms with Gasteiger partial charge in [-0.1, -0.05) is 37.0 Å². The Morgan fingerprint density at radius 3 is 2.42 bits per heavy atom. The van der Waals surface area contributed by atoms with E-state index in [2.05, 4.69) is 11.8 Å². The number of carbonyl (C=O) groups excluding carboxylic acids is 1. The molecule has 3 nitrogen and oxygen atoms in total. The highest BCUT2D eigenvalue weighted by atomic mass is 16.3. The molecule has 0 aromatic heterocycles. The fourth-order valence-electron chi connectivity index (χ4n) is 1.80. The molecule has 0 heterocycles. The van der Waals surface area contributed by atoms with E-state index in [0.717, 1.165) is 5.56 Å². The largest absolute Gasteiger partial charge is 0.377 e. The van der Waals surface area contributed by atoms with Gasteiger partial charge in [-0.05, 0) is 25.5 Å². The lowest BCUT2D eigenvalue weighted by atomic mass is 9.85. The topological polar surface area (TPSA) is 40.5 Å². The molecule has 1 rings (SSSR count). The number of benzene rings is 1. The van der Waals surface area contributed by atoms with Gasteiger partial charge in [0, 0.05) is 19.7 Å². The second-order valence-corrected chi connectivity index (χ2v) is 4.85. The fourth-order valence-corrected chi connectivity index (χ4v) is 1.80. The zero-order valence-corrected chi connectivity index (χ0v) is 12.0. The molecular weight excluding hydrogens is 238 g/mol. The molecule has 0 saturated carbocycles. The molecule has 0 aliphatic rings. The molecule has 1 aromatic carbocycles. The van der Waals surface area contributed by atoms with Crippen molar-refractivity contribution < 1.29 is 9.90 Å². The average Bonchev–Trinajstić information content (AvgIpc) is 2.44. The molecule has 1 aromatic rings. The van der Waals surface area contributed by atoms with Gasteiger partial charge >= 0.3 is 0 Å². The summed E-state index contributed by atoms with van der Waals surface area (Å²) in [6.45, 7) is 3.55. The third-order valence-corrected chi connectivity index (χ3v) is 3.26. The van der Waals surface area contributed by atoms with Gasteiger partial charge in [0.1, 0.15) is 5.60 Å². The molecule has 0 spiro atoms. The number of carbonyl (C=O) groups is 1. The van der Waals surface area contributed by atoms with Crippen molar-refractivity contribution in [2.24, 2.45) is 5.92 Å². The molecule has 2 atom stereocenters. The van der Waals surface area contributed by atoms with Crippen LogP contribution in [0.15, 0.2) is 30.3 Å². The van der Waals surface area contributed by atoms with Crippen LogP contribution < -0.4 is 0 Å². The van der Waals surface area contributed by atoms with Crippen LogP contribution in [0.3, 0.4) is 0 Å². The van der Waals surface area contributed by atoms with Crippen LogP contribution in [0.25, 0.3) is 0 Å². The predicted octanol–water partition coefficient (Wildman–Crippen LogP) is 1.90. The first-order valence-corrected chi connectivity index (χ1v) is 6.42. The average molecular weight is 259 g/mol. The Hall–Kier alpha value is -1.79. The zero-order chi connectivity index (χ0) is 14.5. The highest BCUT2D eigenvalue weighted by Crippen LogP contribution is 2.22. The Labute approximate surface area is 115 Å². The summed E-state index contributed by atoms with van der Waals surface area (Å²) < 4.78 is 0. The van der Waals surface area contributed by atoms with E-state index in [1.54, 1.807) is 21.0 Å². The molecule has 0 bridgehead atoms. The monoisotopic (exact) mass is 259 g/mol. The summed E-state index contributed by atoms with van der Waals surface area (Å²) in [4.78, 5) is 13.4. The minimum absolute atomic E-state index is 0.119. The first kappa shape index (κ1) is 15.3. The molecule has 1 amide bonds. The van der Waals surface area contributed by atoms with Crippen LogP contribution in [0.4, 0.5) is 0 Å². The fraction of sp³-hybridized carbons (Fsp3) is 0.438. The maximum absolute atomic E-state index is 12.0. The first-order chi connectivity index (χ1) is 8.90. The summed E-state index contributed by atoms with van der Waals surface area (Å²) in [5.74, 6) is 5.12. The molecule has 0 fully saturated rings. The Morgan fingerprint density at radius 2 is 1.95 bits per heavy atom. The van der Waals surface area contributed by atoms with Gasteiger partial charge in [-0.3, -0.25) is 4.79 Å². The van der Waals surface area contributed by atoms with E-state index in [9.17, 15) is 9.90 Å². The summed E-state index contributed by atoms with van der Waals surface area (Å²) in [5.41, 5.74) is -0.462. The van der Waals surface area contributed by atoms with Crippen LogP contribution >= 0.6 is 0 Å². The van der Waals surface area contributed by atoms with Gasteiger partial charge in [0.15, 0.2) is 0 Å². The van der Waals surface area contributed by atoms with Crippen molar-refractivity contribution in [3.05, 3.63) is 35.9 Å². The Morgan fingerprint density at radius 1 is 1.37 bits per heavy atom. The van der Waals surface area contributed by atoms with Gasteiger partial charge in [0.05, 0.1) is 5.92 Å². The van der Waals surface area contributed by atoms with Gasteiger partial charge < -0.3 is 10.0 Å². The van der Waals surface area contributed by atoms with E-state index in [1.807, 2.05) is 37.3 Å². The van der Waals surface area contributed by atoms with Crippen molar-refractivity contribution in [1.29, 1.82) is 0 Å². The molecule has 1 N–H and O–H groups in total. The van der Waals surface area contributed by atoms with Crippen LogP contribution in [-0.2, 0) is 4.79 Å². The second kappa shape index (κ2) is 6.40. The Balaban J connectivity index is 2.99. The van der Waals surface area contributed by atoms with Crippen LogP contribution in [-0.4, -0.2) is 35.6 Å². The van der Waals surface area contributed by atoms with Gasteiger partial charge in [-0.15, -0.1) is 0 Å². The predicted molar refractivity (Wildman–Crippen MR) is 76.4 cm³/mol. The van der Waals surface area contributed by atoms with Gasteiger partial charge in [0.25, 0.3) is 0 Å². The van der Waals surface area contributed by atoms with Crippen molar-refractivity contribution in [1.82, 2.24) is 4.90 Å². The zero-order valence-electron chi connectivity index (χ0n) is 12.0. The smallest absolute Gasteiger partial charge is 0.228 e. The first-order valence-electron chi connectivity index (χ1n) is 6.42.